The quantitative estimate of drug-likeness (QED) is 0.646. The Balaban J connectivity index is 2.05. The van der Waals surface area contributed by atoms with Gasteiger partial charge in [-0.1, -0.05) is 18.2 Å². The molecule has 0 spiro atoms. The minimum absolute atomic E-state index is 0.0723. The number of benzene rings is 1. The number of ether oxygens (including phenoxy) is 2. The van der Waals surface area contributed by atoms with Crippen LogP contribution < -0.4 is 10.9 Å². The number of methoxy groups -OCH3 is 2. The van der Waals surface area contributed by atoms with E-state index in [-0.39, 0.29) is 11.5 Å². The average molecular weight is 412 g/mol. The number of rotatable bonds is 4. The summed E-state index contributed by atoms with van der Waals surface area (Å²) < 4.78 is 11.0. The van der Waals surface area contributed by atoms with Gasteiger partial charge in [-0.2, -0.15) is 10.1 Å². The van der Waals surface area contributed by atoms with Crippen LogP contribution in [0.3, 0.4) is 0 Å². The first-order chi connectivity index (χ1) is 14.0. The fourth-order valence-electron chi connectivity index (χ4n) is 3.24. The number of nitrogens with one attached hydrogen (secondary N) is 1. The summed E-state index contributed by atoms with van der Waals surface area (Å²) in [4.78, 5) is 42.7. The lowest BCUT2D eigenvalue weighted by atomic mass is 9.99. The van der Waals surface area contributed by atoms with E-state index in [0.717, 1.165) is 0 Å². The summed E-state index contributed by atoms with van der Waals surface area (Å²) in [5, 5.41) is 9.31. The van der Waals surface area contributed by atoms with Gasteiger partial charge < -0.3 is 14.8 Å². The van der Waals surface area contributed by atoms with Gasteiger partial charge in [-0.15, -0.1) is 11.3 Å². The fourth-order valence-corrected chi connectivity index (χ4v) is 3.94. The maximum atomic E-state index is 12.9. The van der Waals surface area contributed by atoms with Crippen molar-refractivity contribution in [3.8, 4) is 22.0 Å². The minimum atomic E-state index is -1.77. The second-order valence-electron chi connectivity index (χ2n) is 6.25. The molecule has 0 aliphatic carbocycles. The molecule has 2 aromatic heterocycles. The van der Waals surface area contributed by atoms with E-state index < -0.39 is 29.6 Å². The molecule has 9 nitrogen and oxygen atoms in total. The van der Waals surface area contributed by atoms with Crippen LogP contribution >= 0.6 is 11.3 Å². The number of aromatic nitrogens is 3. The van der Waals surface area contributed by atoms with Gasteiger partial charge in [-0.05, 0) is 23.6 Å². The Morgan fingerprint density at radius 1 is 1.17 bits per heavy atom. The maximum absolute atomic E-state index is 12.9. The van der Waals surface area contributed by atoms with Gasteiger partial charge in [0.2, 0.25) is 5.66 Å². The standard InChI is InChI=1S/C19H16N4O5S/c1-27-14(24)10-19(18(26)28-2)21-12-7-4-3-6-11(12)16-20-17(25)15(22-23(16)19)13-8-5-9-29-13/h3-9,21H,10H2,1-2H3/t19-/m1/s1. The van der Waals surface area contributed by atoms with E-state index >= 15 is 0 Å². The number of carbonyl (C=O) groups is 2. The predicted octanol–water partition coefficient (Wildman–Crippen LogP) is 1.85. The molecule has 0 saturated carbocycles. The van der Waals surface area contributed by atoms with Gasteiger partial charge in [0.05, 0.1) is 19.1 Å². The van der Waals surface area contributed by atoms with Gasteiger partial charge >= 0.3 is 17.5 Å². The maximum Gasteiger partial charge on any atom is 0.355 e. The van der Waals surface area contributed by atoms with Crippen molar-refractivity contribution in [2.45, 2.75) is 12.1 Å². The second-order valence-corrected chi connectivity index (χ2v) is 7.20. The van der Waals surface area contributed by atoms with Crippen molar-refractivity contribution in [3.05, 3.63) is 52.1 Å². The van der Waals surface area contributed by atoms with Crippen LogP contribution in [0, 0.1) is 0 Å². The number of nitrogens with zero attached hydrogens (tertiary/aromatic N) is 3. The number of carbonyl (C=O) groups excluding carboxylic acids is 2. The molecule has 1 aliphatic rings. The fraction of sp³-hybridized carbons (Fsp3) is 0.211. The molecule has 1 N–H and O–H groups in total. The Labute approximate surface area is 168 Å². The highest BCUT2D eigenvalue weighted by Gasteiger charge is 2.50. The zero-order valence-electron chi connectivity index (χ0n) is 15.5. The molecule has 0 fully saturated rings. The highest BCUT2D eigenvalue weighted by Crippen LogP contribution is 2.39. The second kappa shape index (κ2) is 7.13. The summed E-state index contributed by atoms with van der Waals surface area (Å²) in [5.74, 6) is -1.28. The number of fused-ring (bicyclic) bond motifs is 3. The van der Waals surface area contributed by atoms with Crippen LogP contribution in [0.2, 0.25) is 0 Å². The molecule has 1 aromatic carbocycles. The molecule has 0 unspecified atom stereocenters. The molecule has 3 aromatic rings. The van der Waals surface area contributed by atoms with Crippen LogP contribution in [-0.4, -0.2) is 40.9 Å². The van der Waals surface area contributed by atoms with Crippen molar-refractivity contribution in [2.75, 3.05) is 19.5 Å². The Hall–Kier alpha value is -3.53. The molecule has 4 rings (SSSR count). The predicted molar refractivity (Wildman–Crippen MR) is 105 cm³/mol. The van der Waals surface area contributed by atoms with Crippen molar-refractivity contribution in [2.24, 2.45) is 0 Å². The molecular weight excluding hydrogens is 396 g/mol. The summed E-state index contributed by atoms with van der Waals surface area (Å²) in [6, 6.07) is 10.5. The van der Waals surface area contributed by atoms with E-state index in [2.05, 4.69) is 15.4 Å². The monoisotopic (exact) mass is 412 g/mol. The van der Waals surface area contributed by atoms with Gasteiger partial charge in [0.1, 0.15) is 6.42 Å². The lowest BCUT2D eigenvalue weighted by Crippen LogP contribution is -2.55. The van der Waals surface area contributed by atoms with E-state index in [1.54, 1.807) is 41.8 Å². The van der Waals surface area contributed by atoms with Crippen molar-refractivity contribution < 1.29 is 19.1 Å². The van der Waals surface area contributed by atoms with Crippen molar-refractivity contribution in [3.63, 3.8) is 0 Å². The molecule has 1 atom stereocenters. The zero-order valence-corrected chi connectivity index (χ0v) is 16.4. The SMILES string of the molecule is COC(=O)C[C@@]1(C(=O)OC)Nc2ccccc2-c2nc(=O)c(-c3cccs3)nn21. The number of hydrogen-bond acceptors (Lipinski definition) is 9. The molecule has 0 saturated heterocycles. The Morgan fingerprint density at radius 2 is 1.97 bits per heavy atom. The van der Waals surface area contributed by atoms with Crippen molar-refractivity contribution in [1.82, 2.24) is 14.8 Å². The van der Waals surface area contributed by atoms with E-state index in [0.29, 0.717) is 16.1 Å². The summed E-state index contributed by atoms with van der Waals surface area (Å²) in [6.45, 7) is 0. The van der Waals surface area contributed by atoms with E-state index in [4.69, 9.17) is 9.47 Å². The van der Waals surface area contributed by atoms with Crippen LogP contribution in [-0.2, 0) is 24.7 Å². The normalized spacial score (nSPS) is 16.9. The molecule has 0 bridgehead atoms. The van der Waals surface area contributed by atoms with Crippen LogP contribution in [0.1, 0.15) is 6.42 Å². The number of anilines is 1. The lowest BCUT2D eigenvalue weighted by molar-refractivity contribution is -0.157. The van der Waals surface area contributed by atoms with Crippen molar-refractivity contribution in [1.29, 1.82) is 0 Å². The molecular formula is C19H16N4O5S. The van der Waals surface area contributed by atoms with Gasteiger partial charge in [0, 0.05) is 11.3 Å². The van der Waals surface area contributed by atoms with Crippen LogP contribution in [0.25, 0.3) is 22.0 Å². The summed E-state index contributed by atoms with van der Waals surface area (Å²) in [5.41, 5.74) is -1.15. The molecule has 148 valence electrons. The first kappa shape index (κ1) is 18.8. The number of esters is 2. The molecule has 0 radical (unpaired) electrons. The first-order valence-corrected chi connectivity index (χ1v) is 9.46. The smallest absolute Gasteiger partial charge is 0.355 e. The third-order valence-corrected chi connectivity index (χ3v) is 5.46. The van der Waals surface area contributed by atoms with Gasteiger partial charge in [-0.3, -0.25) is 9.59 Å². The van der Waals surface area contributed by atoms with Crippen LogP contribution in [0.15, 0.2) is 46.6 Å². The number of para-hydroxylation sites is 1. The number of thiophene rings is 1. The largest absolute Gasteiger partial charge is 0.469 e. The highest BCUT2D eigenvalue weighted by molar-refractivity contribution is 7.13. The third kappa shape index (κ3) is 2.97. The zero-order chi connectivity index (χ0) is 20.6. The van der Waals surface area contributed by atoms with E-state index in [1.807, 2.05) is 0 Å². The molecule has 0 amide bonds. The highest BCUT2D eigenvalue weighted by atomic mass is 32.1. The Morgan fingerprint density at radius 3 is 2.66 bits per heavy atom. The van der Waals surface area contributed by atoms with Crippen molar-refractivity contribution >= 4 is 29.0 Å². The average Bonchev–Trinajstić information content (AvgIpc) is 3.27. The van der Waals surface area contributed by atoms with E-state index in [1.165, 1.54) is 30.2 Å². The minimum Gasteiger partial charge on any atom is -0.469 e. The van der Waals surface area contributed by atoms with Gasteiger partial charge in [-0.25, -0.2) is 9.48 Å². The van der Waals surface area contributed by atoms with Crippen LogP contribution in [0.4, 0.5) is 5.69 Å². The Kier molecular flexibility index (Phi) is 4.63. The third-order valence-electron chi connectivity index (χ3n) is 4.59. The molecule has 1 aliphatic heterocycles. The molecule has 3 heterocycles. The topological polar surface area (TPSA) is 112 Å². The summed E-state index contributed by atoms with van der Waals surface area (Å²) >= 11 is 1.32. The summed E-state index contributed by atoms with van der Waals surface area (Å²) in [7, 11) is 2.43. The first-order valence-electron chi connectivity index (χ1n) is 8.58. The molecule has 10 heteroatoms. The summed E-state index contributed by atoms with van der Waals surface area (Å²) in [6.07, 6.45) is -0.418. The lowest BCUT2D eigenvalue weighted by Gasteiger charge is -2.38. The Bertz CT molecular complexity index is 1160. The van der Waals surface area contributed by atoms with E-state index in [9.17, 15) is 14.4 Å². The molecule has 29 heavy (non-hydrogen) atoms. The van der Waals surface area contributed by atoms with Crippen LogP contribution in [0.5, 0.6) is 0 Å². The van der Waals surface area contributed by atoms with Gasteiger partial charge in [0.25, 0.3) is 0 Å². The van der Waals surface area contributed by atoms with Gasteiger partial charge in [0.15, 0.2) is 11.5 Å². The number of hydrogen-bond donors (Lipinski definition) is 1.